The third-order valence-corrected chi connectivity index (χ3v) is 3.92. The van der Waals surface area contributed by atoms with Crippen LogP contribution in [-0.4, -0.2) is 24.5 Å². The Hall–Kier alpha value is -2.49. The maximum atomic E-state index is 12.7. The molecule has 4 heteroatoms. The zero-order chi connectivity index (χ0) is 15.7. The number of carbonyl (C=O) groups excluding carboxylic acids is 1. The lowest BCUT2D eigenvalue weighted by atomic mass is 10.0. The number of aryl methyl sites for hydroxylation is 1. The van der Waals surface area contributed by atoms with Crippen LogP contribution < -0.4 is 10.1 Å². The van der Waals surface area contributed by atoms with Crippen molar-refractivity contribution in [3.63, 3.8) is 0 Å². The van der Waals surface area contributed by atoms with Crippen molar-refractivity contribution in [2.75, 3.05) is 19.0 Å². The zero-order valence-corrected chi connectivity index (χ0v) is 13.1. The number of fused-ring (bicyclic) bond motifs is 1. The van der Waals surface area contributed by atoms with E-state index < -0.39 is 0 Å². The van der Waals surface area contributed by atoms with Gasteiger partial charge in [-0.1, -0.05) is 29.8 Å². The van der Waals surface area contributed by atoms with Gasteiger partial charge in [-0.05, 0) is 32.0 Å². The van der Waals surface area contributed by atoms with E-state index in [9.17, 15) is 4.79 Å². The maximum absolute atomic E-state index is 12.7. The summed E-state index contributed by atoms with van der Waals surface area (Å²) in [6, 6.07) is 13.7. The van der Waals surface area contributed by atoms with Gasteiger partial charge >= 0.3 is 0 Å². The molecule has 22 heavy (non-hydrogen) atoms. The van der Waals surface area contributed by atoms with Gasteiger partial charge in [-0.2, -0.15) is 0 Å². The Balaban J connectivity index is 2.03. The van der Waals surface area contributed by atoms with Gasteiger partial charge in [-0.15, -0.1) is 0 Å². The van der Waals surface area contributed by atoms with Gasteiger partial charge < -0.3 is 15.0 Å². The average Bonchev–Trinajstić information content (AvgIpc) is 2.52. The minimum absolute atomic E-state index is 0.0220. The number of hydrogen-bond acceptors (Lipinski definition) is 3. The van der Waals surface area contributed by atoms with Crippen LogP contribution in [0.5, 0.6) is 5.75 Å². The molecule has 0 saturated heterocycles. The van der Waals surface area contributed by atoms with Gasteiger partial charge in [0.1, 0.15) is 11.9 Å². The van der Waals surface area contributed by atoms with E-state index in [-0.39, 0.29) is 12.1 Å². The number of para-hydroxylation sites is 1. The van der Waals surface area contributed by atoms with Crippen molar-refractivity contribution in [2.45, 2.75) is 20.0 Å². The Labute approximate surface area is 130 Å². The summed E-state index contributed by atoms with van der Waals surface area (Å²) in [4.78, 5) is 14.4. The van der Waals surface area contributed by atoms with Gasteiger partial charge in [0.05, 0.1) is 12.2 Å². The first-order valence-electron chi connectivity index (χ1n) is 7.48. The quantitative estimate of drug-likeness (QED) is 0.941. The monoisotopic (exact) mass is 296 g/mol. The first kappa shape index (κ1) is 14.4. The average molecular weight is 296 g/mol. The second-order valence-electron chi connectivity index (χ2n) is 5.48. The van der Waals surface area contributed by atoms with Crippen LogP contribution in [0.25, 0.3) is 0 Å². The van der Waals surface area contributed by atoms with Crippen LogP contribution in [0.15, 0.2) is 42.5 Å². The summed E-state index contributed by atoms with van der Waals surface area (Å²) in [6.45, 7) is 4.54. The molecule has 1 N–H and O–H groups in total. The Kier molecular flexibility index (Phi) is 3.75. The van der Waals surface area contributed by atoms with Crippen LogP contribution >= 0.6 is 0 Å². The minimum atomic E-state index is -0.231. The van der Waals surface area contributed by atoms with Crippen LogP contribution in [-0.2, 0) is 0 Å². The third-order valence-electron chi connectivity index (χ3n) is 3.92. The lowest BCUT2D eigenvalue weighted by Gasteiger charge is -2.36. The first-order valence-corrected chi connectivity index (χ1v) is 7.48. The van der Waals surface area contributed by atoms with Gasteiger partial charge in [0.15, 0.2) is 0 Å². The van der Waals surface area contributed by atoms with Gasteiger partial charge in [0.2, 0.25) is 0 Å². The summed E-state index contributed by atoms with van der Waals surface area (Å²) in [5.74, 6) is 0.825. The van der Waals surface area contributed by atoms with E-state index >= 15 is 0 Å². The molecule has 1 aliphatic heterocycles. The molecule has 0 fully saturated rings. The zero-order valence-electron chi connectivity index (χ0n) is 13.1. The van der Waals surface area contributed by atoms with Crippen molar-refractivity contribution in [2.24, 2.45) is 0 Å². The second kappa shape index (κ2) is 5.72. The summed E-state index contributed by atoms with van der Waals surface area (Å²) in [5.41, 5.74) is 3.62. The number of ether oxygens (including phenoxy) is 1. The molecule has 0 aromatic heterocycles. The number of carbonyl (C=O) groups is 1. The second-order valence-corrected chi connectivity index (χ2v) is 5.48. The molecule has 3 rings (SSSR count). The molecule has 1 amide bonds. The standard InChI is InChI=1S/C18H20N2O2/c1-4-22-16-8-6-5-7-13(16)17-19-15-10-9-12(2)11-14(15)18(21)20(17)3/h5-11,17,19H,4H2,1-3H3. The first-order chi connectivity index (χ1) is 10.6. The van der Waals surface area contributed by atoms with E-state index in [1.165, 1.54) is 0 Å². The number of benzene rings is 2. The summed E-state index contributed by atoms with van der Waals surface area (Å²) >= 11 is 0. The Morgan fingerprint density at radius 1 is 1.23 bits per heavy atom. The highest BCUT2D eigenvalue weighted by atomic mass is 16.5. The number of amides is 1. The number of hydrogen-bond donors (Lipinski definition) is 1. The third kappa shape index (κ3) is 2.41. The molecule has 0 saturated carbocycles. The van der Waals surface area contributed by atoms with Crippen molar-refractivity contribution >= 4 is 11.6 Å². The molecule has 0 bridgehead atoms. The lowest BCUT2D eigenvalue weighted by Crippen LogP contribution is -2.40. The summed E-state index contributed by atoms with van der Waals surface area (Å²) in [5, 5.41) is 3.44. The highest BCUT2D eigenvalue weighted by molar-refractivity contribution is 6.01. The molecule has 114 valence electrons. The molecule has 0 radical (unpaired) electrons. The van der Waals surface area contributed by atoms with E-state index in [2.05, 4.69) is 5.32 Å². The molecular weight excluding hydrogens is 276 g/mol. The van der Waals surface area contributed by atoms with Crippen LogP contribution in [0.4, 0.5) is 5.69 Å². The Bertz CT molecular complexity index is 712. The molecule has 1 unspecified atom stereocenters. The predicted molar refractivity (Wildman–Crippen MR) is 87.2 cm³/mol. The highest BCUT2D eigenvalue weighted by Gasteiger charge is 2.31. The van der Waals surface area contributed by atoms with E-state index in [4.69, 9.17) is 4.74 Å². The molecule has 0 aliphatic carbocycles. The Morgan fingerprint density at radius 3 is 2.77 bits per heavy atom. The van der Waals surface area contributed by atoms with Gasteiger partial charge in [0.25, 0.3) is 5.91 Å². The minimum Gasteiger partial charge on any atom is -0.493 e. The van der Waals surface area contributed by atoms with Crippen molar-refractivity contribution in [1.82, 2.24) is 4.90 Å². The normalized spacial score (nSPS) is 17.0. The molecular formula is C18H20N2O2. The van der Waals surface area contributed by atoms with E-state index in [0.717, 1.165) is 22.6 Å². The molecule has 2 aromatic rings. The van der Waals surface area contributed by atoms with Crippen molar-refractivity contribution in [3.8, 4) is 5.75 Å². The summed E-state index contributed by atoms with van der Waals surface area (Å²) < 4.78 is 5.70. The molecule has 4 nitrogen and oxygen atoms in total. The fraction of sp³-hybridized carbons (Fsp3) is 0.278. The van der Waals surface area contributed by atoms with Gasteiger partial charge in [0, 0.05) is 18.3 Å². The van der Waals surface area contributed by atoms with Crippen molar-refractivity contribution in [1.29, 1.82) is 0 Å². The van der Waals surface area contributed by atoms with Crippen LogP contribution in [0.1, 0.15) is 34.6 Å². The molecule has 2 aromatic carbocycles. The van der Waals surface area contributed by atoms with E-state index in [1.807, 2.05) is 63.4 Å². The molecule has 1 heterocycles. The fourth-order valence-electron chi connectivity index (χ4n) is 2.79. The molecule has 0 spiro atoms. The molecule has 1 aliphatic rings. The van der Waals surface area contributed by atoms with Crippen LogP contribution in [0, 0.1) is 6.92 Å². The molecule has 1 atom stereocenters. The predicted octanol–water partition coefficient (Wildman–Crippen LogP) is 3.59. The summed E-state index contributed by atoms with van der Waals surface area (Å²) in [7, 11) is 1.81. The van der Waals surface area contributed by atoms with Gasteiger partial charge in [-0.3, -0.25) is 4.79 Å². The van der Waals surface area contributed by atoms with Crippen molar-refractivity contribution in [3.05, 3.63) is 59.2 Å². The SMILES string of the molecule is CCOc1ccccc1C1Nc2ccc(C)cc2C(=O)N1C. The largest absolute Gasteiger partial charge is 0.493 e. The number of anilines is 1. The smallest absolute Gasteiger partial charge is 0.257 e. The number of nitrogens with one attached hydrogen (secondary N) is 1. The van der Waals surface area contributed by atoms with Gasteiger partial charge in [-0.25, -0.2) is 0 Å². The lowest BCUT2D eigenvalue weighted by molar-refractivity contribution is 0.0733. The summed E-state index contributed by atoms with van der Waals surface area (Å²) in [6.07, 6.45) is -0.231. The maximum Gasteiger partial charge on any atom is 0.257 e. The highest BCUT2D eigenvalue weighted by Crippen LogP contribution is 2.36. The van der Waals surface area contributed by atoms with Crippen LogP contribution in [0.3, 0.4) is 0 Å². The topological polar surface area (TPSA) is 41.6 Å². The fourth-order valence-corrected chi connectivity index (χ4v) is 2.79. The van der Waals surface area contributed by atoms with Crippen LogP contribution in [0.2, 0.25) is 0 Å². The van der Waals surface area contributed by atoms with E-state index in [0.29, 0.717) is 12.2 Å². The number of rotatable bonds is 3. The number of nitrogens with zero attached hydrogens (tertiary/aromatic N) is 1. The van der Waals surface area contributed by atoms with Crippen molar-refractivity contribution < 1.29 is 9.53 Å². The van der Waals surface area contributed by atoms with E-state index in [1.54, 1.807) is 4.90 Å². The Morgan fingerprint density at radius 2 is 2.00 bits per heavy atom.